The van der Waals surface area contributed by atoms with Crippen LogP contribution in [0.1, 0.15) is 39.5 Å². The highest BCUT2D eigenvalue weighted by molar-refractivity contribution is 5.87. The second-order valence-electron chi connectivity index (χ2n) is 3.81. The van der Waals surface area contributed by atoms with Crippen molar-refractivity contribution in [3.63, 3.8) is 0 Å². The number of aliphatic hydroxyl groups is 3. The third-order valence-electron chi connectivity index (χ3n) is 2.30. The van der Waals surface area contributed by atoms with E-state index < -0.39 is 29.9 Å². The van der Waals surface area contributed by atoms with Crippen LogP contribution in [0, 0.1) is 0 Å². The van der Waals surface area contributed by atoms with Gasteiger partial charge >= 0.3 is 0 Å². The SMILES string of the molecule is CCCC(=O)C(O)C(O)C(O)C(=O)CCC. The fourth-order valence-corrected chi connectivity index (χ4v) is 1.34. The lowest BCUT2D eigenvalue weighted by Crippen LogP contribution is -2.45. The molecule has 3 N–H and O–H groups in total. The highest BCUT2D eigenvalue weighted by Crippen LogP contribution is 2.08. The topological polar surface area (TPSA) is 94.8 Å². The van der Waals surface area contributed by atoms with Gasteiger partial charge in [-0.3, -0.25) is 9.59 Å². The van der Waals surface area contributed by atoms with Gasteiger partial charge in [-0.15, -0.1) is 0 Å². The normalized spacial score (nSPS) is 16.6. The van der Waals surface area contributed by atoms with Crippen LogP contribution in [0.25, 0.3) is 0 Å². The van der Waals surface area contributed by atoms with Crippen molar-refractivity contribution in [3.8, 4) is 0 Å². The van der Waals surface area contributed by atoms with Gasteiger partial charge in [0.1, 0.15) is 18.3 Å². The predicted molar refractivity (Wildman–Crippen MR) is 57.9 cm³/mol. The van der Waals surface area contributed by atoms with Gasteiger partial charge in [0.2, 0.25) is 0 Å². The van der Waals surface area contributed by atoms with Crippen molar-refractivity contribution in [1.29, 1.82) is 0 Å². The average molecular weight is 232 g/mol. The lowest BCUT2D eigenvalue weighted by molar-refractivity contribution is -0.146. The summed E-state index contributed by atoms with van der Waals surface area (Å²) in [5.74, 6) is -1.11. The molecule has 0 aliphatic carbocycles. The van der Waals surface area contributed by atoms with Gasteiger partial charge in [-0.25, -0.2) is 0 Å². The summed E-state index contributed by atoms with van der Waals surface area (Å²) in [5, 5.41) is 28.2. The highest BCUT2D eigenvalue weighted by Gasteiger charge is 2.32. The van der Waals surface area contributed by atoms with Crippen LogP contribution < -0.4 is 0 Å². The summed E-state index contributed by atoms with van der Waals surface area (Å²) in [7, 11) is 0. The molecule has 94 valence electrons. The molecule has 0 aliphatic heterocycles. The second-order valence-corrected chi connectivity index (χ2v) is 3.81. The Morgan fingerprint density at radius 3 is 1.44 bits per heavy atom. The molecule has 0 aliphatic rings. The van der Waals surface area contributed by atoms with Gasteiger partial charge in [0.05, 0.1) is 0 Å². The van der Waals surface area contributed by atoms with Crippen molar-refractivity contribution in [1.82, 2.24) is 0 Å². The molecule has 2 atom stereocenters. The number of hydrogen-bond donors (Lipinski definition) is 3. The van der Waals surface area contributed by atoms with E-state index >= 15 is 0 Å². The molecule has 0 heterocycles. The minimum atomic E-state index is -1.72. The van der Waals surface area contributed by atoms with E-state index in [1.807, 2.05) is 0 Å². The van der Waals surface area contributed by atoms with Crippen molar-refractivity contribution in [2.24, 2.45) is 0 Å². The quantitative estimate of drug-likeness (QED) is 0.539. The monoisotopic (exact) mass is 232 g/mol. The minimum absolute atomic E-state index is 0.118. The second kappa shape index (κ2) is 7.49. The van der Waals surface area contributed by atoms with Crippen LogP contribution in [-0.4, -0.2) is 45.2 Å². The first kappa shape index (κ1) is 15.2. The summed E-state index contributed by atoms with van der Waals surface area (Å²) in [6.07, 6.45) is -3.77. The van der Waals surface area contributed by atoms with Gasteiger partial charge in [-0.2, -0.15) is 0 Å². The van der Waals surface area contributed by atoms with Crippen LogP contribution in [0.5, 0.6) is 0 Å². The third-order valence-corrected chi connectivity index (χ3v) is 2.30. The number of rotatable bonds is 8. The van der Waals surface area contributed by atoms with Crippen molar-refractivity contribution >= 4 is 11.6 Å². The molecule has 0 saturated heterocycles. The lowest BCUT2D eigenvalue weighted by atomic mass is 9.97. The van der Waals surface area contributed by atoms with Gasteiger partial charge < -0.3 is 15.3 Å². The number of carbonyl (C=O) groups is 2. The van der Waals surface area contributed by atoms with Crippen LogP contribution >= 0.6 is 0 Å². The highest BCUT2D eigenvalue weighted by atomic mass is 16.4. The molecule has 0 aromatic heterocycles. The largest absolute Gasteiger partial charge is 0.387 e. The summed E-state index contributed by atoms with van der Waals surface area (Å²) in [6, 6.07) is 0. The fraction of sp³-hybridized carbons (Fsp3) is 0.818. The van der Waals surface area contributed by atoms with Gasteiger partial charge in [0.25, 0.3) is 0 Å². The number of aliphatic hydroxyl groups excluding tert-OH is 3. The number of hydrogen-bond acceptors (Lipinski definition) is 5. The average Bonchev–Trinajstić information content (AvgIpc) is 2.26. The lowest BCUT2D eigenvalue weighted by Gasteiger charge is -2.20. The zero-order valence-corrected chi connectivity index (χ0v) is 9.72. The maximum Gasteiger partial charge on any atom is 0.164 e. The Morgan fingerprint density at radius 2 is 1.19 bits per heavy atom. The first-order chi connectivity index (χ1) is 7.45. The van der Waals surface area contributed by atoms with E-state index in [0.717, 1.165) is 0 Å². The molecule has 5 nitrogen and oxygen atoms in total. The Labute approximate surface area is 95.1 Å². The zero-order valence-electron chi connectivity index (χ0n) is 9.72. The smallest absolute Gasteiger partial charge is 0.164 e. The number of Topliss-reactive ketones (excluding diaryl/α,β-unsaturated/α-hetero) is 2. The first-order valence-electron chi connectivity index (χ1n) is 5.55. The summed E-state index contributed by atoms with van der Waals surface area (Å²) < 4.78 is 0. The van der Waals surface area contributed by atoms with Crippen LogP contribution in [0.2, 0.25) is 0 Å². The van der Waals surface area contributed by atoms with E-state index in [9.17, 15) is 24.9 Å². The van der Waals surface area contributed by atoms with Gasteiger partial charge in [0, 0.05) is 12.8 Å². The summed E-state index contributed by atoms with van der Waals surface area (Å²) in [5.41, 5.74) is 0. The summed E-state index contributed by atoms with van der Waals surface area (Å²) in [6.45, 7) is 3.52. The number of ketones is 2. The van der Waals surface area contributed by atoms with Crippen LogP contribution in [0.15, 0.2) is 0 Å². The maximum absolute atomic E-state index is 11.2. The van der Waals surface area contributed by atoms with Crippen molar-refractivity contribution in [2.45, 2.75) is 57.8 Å². The maximum atomic E-state index is 11.2. The van der Waals surface area contributed by atoms with Crippen LogP contribution in [-0.2, 0) is 9.59 Å². The Kier molecular flexibility index (Phi) is 7.12. The van der Waals surface area contributed by atoms with E-state index in [4.69, 9.17) is 0 Å². The van der Waals surface area contributed by atoms with E-state index in [0.29, 0.717) is 12.8 Å². The Morgan fingerprint density at radius 1 is 0.875 bits per heavy atom. The van der Waals surface area contributed by atoms with Crippen molar-refractivity contribution < 1.29 is 24.9 Å². The standard InChI is InChI=1S/C11H20O5/c1-3-5-7(12)9(14)11(16)10(15)8(13)6-4-2/h9-11,14-16H,3-6H2,1-2H3. The molecule has 0 aromatic carbocycles. The molecule has 0 amide bonds. The zero-order chi connectivity index (χ0) is 12.7. The van der Waals surface area contributed by atoms with E-state index in [2.05, 4.69) is 0 Å². The van der Waals surface area contributed by atoms with Gasteiger partial charge in [0.15, 0.2) is 11.6 Å². The summed E-state index contributed by atoms with van der Waals surface area (Å²) in [4.78, 5) is 22.5. The van der Waals surface area contributed by atoms with Crippen LogP contribution in [0.4, 0.5) is 0 Å². The van der Waals surface area contributed by atoms with Crippen molar-refractivity contribution in [3.05, 3.63) is 0 Å². The Bertz CT molecular complexity index is 215. The Hall–Kier alpha value is -0.780. The molecule has 0 aromatic rings. The molecule has 2 unspecified atom stereocenters. The van der Waals surface area contributed by atoms with Crippen LogP contribution in [0.3, 0.4) is 0 Å². The van der Waals surface area contributed by atoms with E-state index in [-0.39, 0.29) is 12.8 Å². The molecule has 0 bridgehead atoms. The molecule has 0 fully saturated rings. The third kappa shape index (κ3) is 4.38. The van der Waals surface area contributed by atoms with Crippen molar-refractivity contribution in [2.75, 3.05) is 0 Å². The molecule has 16 heavy (non-hydrogen) atoms. The van der Waals surface area contributed by atoms with Gasteiger partial charge in [-0.05, 0) is 12.8 Å². The fourth-order valence-electron chi connectivity index (χ4n) is 1.34. The van der Waals surface area contributed by atoms with Gasteiger partial charge in [-0.1, -0.05) is 13.8 Å². The molecule has 0 radical (unpaired) electrons. The summed E-state index contributed by atoms with van der Waals surface area (Å²) >= 11 is 0. The Balaban J connectivity index is 4.36. The molecule has 0 rings (SSSR count). The first-order valence-corrected chi connectivity index (χ1v) is 5.55. The molecular weight excluding hydrogens is 212 g/mol. The minimum Gasteiger partial charge on any atom is -0.387 e. The number of carbonyl (C=O) groups excluding carboxylic acids is 2. The van der Waals surface area contributed by atoms with E-state index in [1.54, 1.807) is 13.8 Å². The van der Waals surface area contributed by atoms with E-state index in [1.165, 1.54) is 0 Å². The molecule has 5 heteroatoms. The molecular formula is C11H20O5. The predicted octanol–water partition coefficient (Wildman–Crippen LogP) is -0.193. The molecule has 0 saturated carbocycles. The molecule has 0 spiro atoms.